The molecule has 0 heterocycles. The summed E-state index contributed by atoms with van der Waals surface area (Å²) in [4.78, 5) is 0. The van der Waals surface area contributed by atoms with Crippen LogP contribution in [0.25, 0.3) is 0 Å². The van der Waals surface area contributed by atoms with Crippen LogP contribution in [0.15, 0.2) is 0 Å². The van der Waals surface area contributed by atoms with Gasteiger partial charge in [-0.25, -0.2) is 0 Å². The molecule has 0 N–H and O–H groups in total. The molecular weight excluding hydrogens is 5220 g/mol. The second-order valence-electron chi connectivity index (χ2n) is 0. The molecule has 0 aromatic rings. The standard InChI is InChI=1S/10K.Na.69O.2Sb.3V.18W/q11*+1;69*-2;2*+5;;2*+4;;;;;;;;;;;;;;;;;;. The Hall–Kier alpha value is 30.4. The van der Waals surface area contributed by atoms with Crippen LogP contribution in [0.4, 0.5) is 0 Å². The van der Waals surface area contributed by atoms with E-state index >= 15 is 0 Å². The summed E-state index contributed by atoms with van der Waals surface area (Å²) in [5, 5.41) is 0. The van der Waals surface area contributed by atoms with Gasteiger partial charge in [0, 0.05) is 398 Å². The molecule has 0 rings (SSSR count). The van der Waals surface area contributed by atoms with Crippen LogP contribution in [0.5, 0.6) is 0 Å². The van der Waals surface area contributed by atoms with Crippen molar-refractivity contribution < 1.29 is 1360 Å². The van der Waals surface area contributed by atoms with Crippen LogP contribution in [0.3, 0.4) is 0 Å². The van der Waals surface area contributed by atoms with Gasteiger partial charge in [0.1, 0.15) is 0 Å². The summed E-state index contributed by atoms with van der Waals surface area (Å²) in [6, 6.07) is 0. The molecular formula is K10NaO69Sb2V3W18-109. The molecule has 3 radical (unpaired) electrons. The fourth-order valence-corrected chi connectivity index (χ4v) is 0. The summed E-state index contributed by atoms with van der Waals surface area (Å²) >= 11 is 0. The molecule has 0 unspecified atom stereocenters. The van der Waals surface area contributed by atoms with Gasteiger partial charge in [-0.05, 0) is 0 Å². The maximum absolute atomic E-state index is 0. The third-order valence-corrected chi connectivity index (χ3v) is 0. The van der Waals surface area contributed by atoms with E-state index in [1.54, 1.807) is 0 Å². The average Bonchev–Trinajstić information content (AvgIpc) is 0. The third kappa shape index (κ3) is 2440. The number of rotatable bonds is 0. The molecule has 0 bridgehead atoms. The minimum Gasteiger partial charge on any atom is -2.00 e. The second kappa shape index (κ2) is 2480. The molecule has 0 atom stereocenters. The first kappa shape index (κ1) is 2530. The molecule has 0 fully saturated rings. The molecule has 0 aliphatic rings. The molecule has 0 aromatic carbocycles. The van der Waals surface area contributed by atoms with Crippen LogP contribution in [0.1, 0.15) is 0 Å². The van der Waals surface area contributed by atoms with Crippen molar-refractivity contribution in [2.24, 2.45) is 0 Å². The Bertz CT molecular complexity index is 152. The fraction of sp³-hybridized carbons (Fsp3) is 0. The molecule has 0 saturated heterocycles. The predicted octanol–water partition coefficient (Wildman–Crippen LogP) is -42.0. The molecule has 667 valence electrons. The van der Waals surface area contributed by atoms with E-state index in [4.69, 9.17) is 0 Å². The van der Waals surface area contributed by atoms with E-state index in [1.807, 2.05) is 0 Å². The Labute approximate surface area is 1370 Å². The van der Waals surface area contributed by atoms with E-state index in [1.165, 1.54) is 0 Å². The van der Waals surface area contributed by atoms with E-state index in [0.717, 1.165) is 0 Å². The Morgan fingerprint density at radius 3 is 0.0680 bits per heavy atom. The Balaban J connectivity index is 0. The SMILES string of the molecule is [K+].[K+].[K+].[K+].[K+].[K+].[K+].[K+].[K+].[K+].[Na+].[O-2].[O-2].[O-2].[O-2].[O-2].[O-2].[O-2].[O-2].[O-2].[O-2].[O-2].[O-2].[O-2].[O-2].[O-2].[O-2].[O-2].[O-2].[O-2].[O-2].[O-2].[O-2].[O-2].[O-2].[O-2].[O-2].[O-2].[O-2].[O-2].[O-2].[O-2].[O-2].[O-2].[O-2].[O-2].[O-2].[O-2].[O-2].[O-2].[O-2].[O-2].[O-2].[O-2].[O-2].[O-2].[O-2].[O-2].[O-2].[O-2].[O-2].[O-2].[O-2].[O-2].[O-2].[O-2].[O-2].[O-2].[O-2].[O-2].[O-2].[O-2].[O-2].[O-2].[O-2].[O-2].[O-2].[O-2].[O-2].[O-2].[Sb+5].[Sb+5].[V+4].[V+4].[V].[W].[W].[W].[W].[W].[W].[W].[W].[W].[W].[W].[W].[W].[W].[W].[W].[W].[W]. The summed E-state index contributed by atoms with van der Waals surface area (Å²) in [5.74, 6) is 0. The van der Waals surface area contributed by atoms with Crippen LogP contribution in [0, 0.1) is 0 Å². The van der Waals surface area contributed by atoms with Crippen LogP contribution in [0.2, 0.25) is 0 Å². The topological polar surface area (TPSA) is 1970 Å². The van der Waals surface area contributed by atoms with E-state index in [9.17, 15) is 0 Å². The van der Waals surface area contributed by atoms with Gasteiger partial charge in [-0.3, -0.25) is 0 Å². The molecule has 0 spiro atoms. The quantitative estimate of drug-likeness (QED) is 0.204. The van der Waals surface area contributed by atoms with Crippen LogP contribution < -0.4 is 543 Å². The van der Waals surface area contributed by atoms with E-state index < -0.39 is 0 Å². The third-order valence-electron chi connectivity index (χ3n) is 0. The van der Waals surface area contributed by atoms with Crippen LogP contribution >= 0.6 is 0 Å². The minimum atomic E-state index is 0. The maximum Gasteiger partial charge on any atom is 5.00 e. The van der Waals surface area contributed by atoms with E-state index in [0.29, 0.717) is 0 Å². The van der Waals surface area contributed by atoms with Crippen LogP contribution in [-0.4, -0.2) is 48.9 Å². The minimum absolute atomic E-state index is 0. The largest absolute Gasteiger partial charge is 5.00 e. The van der Waals surface area contributed by atoms with Crippen molar-refractivity contribution >= 4 is 48.9 Å². The molecule has 103 heteroatoms. The zero-order valence-corrected chi connectivity index (χ0v) is 144. The van der Waals surface area contributed by atoms with Gasteiger partial charge in [0.2, 0.25) is 0 Å². The molecule has 69 nitrogen and oxygen atoms in total. The summed E-state index contributed by atoms with van der Waals surface area (Å²) < 4.78 is 0. The first-order valence-corrected chi connectivity index (χ1v) is 0. The molecule has 103 heavy (non-hydrogen) atoms. The average molecular weight is 5220 g/mol. The maximum atomic E-state index is 0. The molecule has 0 aliphatic carbocycles. The van der Waals surface area contributed by atoms with Gasteiger partial charge in [-0.1, -0.05) is 0 Å². The van der Waals surface area contributed by atoms with Gasteiger partial charge in [-0.15, -0.1) is 0 Å². The van der Waals surface area contributed by atoms with Crippen molar-refractivity contribution in [3.05, 3.63) is 0 Å². The summed E-state index contributed by atoms with van der Waals surface area (Å²) in [5.41, 5.74) is 0. The normalized spacial score (nSPS) is 0. The van der Waals surface area contributed by atoms with Crippen molar-refractivity contribution in [2.45, 2.75) is 0 Å². The first-order valence-electron chi connectivity index (χ1n) is 0. The van der Waals surface area contributed by atoms with E-state index in [-0.39, 0.29) is 1400 Å². The van der Waals surface area contributed by atoms with Gasteiger partial charge in [0.25, 0.3) is 0 Å². The molecule has 0 aliphatic heterocycles. The molecule has 0 saturated carbocycles. The molecule has 0 aromatic heterocycles. The number of hydrogen-bond acceptors (Lipinski definition) is 0. The zero-order valence-electron chi connectivity index (χ0n) is 48.8. The van der Waals surface area contributed by atoms with Gasteiger partial charge in [0.05, 0.1) is 0 Å². The molecule has 0 amide bonds. The van der Waals surface area contributed by atoms with Gasteiger partial charge in [0.15, 0.2) is 0 Å². The van der Waals surface area contributed by atoms with Crippen LogP contribution in [-0.2, 0) is 813 Å². The van der Waals surface area contributed by atoms with Crippen molar-refractivity contribution in [3.8, 4) is 0 Å². The Morgan fingerprint density at radius 2 is 0.0680 bits per heavy atom. The Kier molecular flexibility index (Phi) is 60900. The Morgan fingerprint density at radius 1 is 0.0680 bits per heavy atom. The summed E-state index contributed by atoms with van der Waals surface area (Å²) in [7, 11) is 0. The second-order valence-corrected chi connectivity index (χ2v) is 0. The van der Waals surface area contributed by atoms with Crippen molar-refractivity contribution in [3.63, 3.8) is 0 Å². The summed E-state index contributed by atoms with van der Waals surface area (Å²) in [6.45, 7) is 0. The monoisotopic (exact) mass is 5220 g/mol. The summed E-state index contributed by atoms with van der Waals surface area (Å²) in [6.07, 6.45) is 0. The van der Waals surface area contributed by atoms with Crippen molar-refractivity contribution in [2.75, 3.05) is 0 Å². The first-order chi connectivity index (χ1) is 0. The van der Waals surface area contributed by atoms with Gasteiger partial charge >= 0.3 is 629 Å². The van der Waals surface area contributed by atoms with Gasteiger partial charge in [-0.2, -0.15) is 0 Å². The van der Waals surface area contributed by atoms with Crippen molar-refractivity contribution in [1.82, 2.24) is 0 Å². The van der Waals surface area contributed by atoms with Gasteiger partial charge < -0.3 is 378 Å². The van der Waals surface area contributed by atoms with E-state index in [2.05, 4.69) is 0 Å². The number of hydrogen-bond donors (Lipinski definition) is 0. The van der Waals surface area contributed by atoms with Crippen molar-refractivity contribution in [1.29, 1.82) is 0 Å². The smallest absolute Gasteiger partial charge is 2.00 e. The zero-order chi connectivity index (χ0) is 0. The fourth-order valence-electron chi connectivity index (χ4n) is 0. The predicted molar refractivity (Wildman–Crippen MR) is 58.9 cm³/mol.